The van der Waals surface area contributed by atoms with E-state index < -0.39 is 24.4 Å². The van der Waals surface area contributed by atoms with Crippen molar-refractivity contribution in [1.29, 1.82) is 0 Å². The van der Waals surface area contributed by atoms with Gasteiger partial charge in [-0.05, 0) is 72.4 Å². The number of benzene rings is 2. The number of alkyl carbamates (subject to hydrolysis) is 1. The average Bonchev–Trinajstić information content (AvgIpc) is 3.52. The largest absolute Gasteiger partial charge is 0.492 e. The molecule has 1 aliphatic carbocycles. The van der Waals surface area contributed by atoms with E-state index in [0.717, 1.165) is 15.9 Å². The predicted molar refractivity (Wildman–Crippen MR) is 147 cm³/mol. The molecule has 0 atom stereocenters. The third-order valence-electron chi connectivity index (χ3n) is 7.60. The number of aliphatic hydroxyl groups excluding tert-OH is 1. The molecule has 2 aliphatic rings. The van der Waals surface area contributed by atoms with Gasteiger partial charge in [0.1, 0.15) is 6.61 Å². The van der Waals surface area contributed by atoms with Crippen LogP contribution in [0.4, 0.5) is 4.79 Å². The van der Waals surface area contributed by atoms with Crippen molar-refractivity contribution < 1.29 is 23.9 Å². The summed E-state index contributed by atoms with van der Waals surface area (Å²) >= 11 is 1.48. The number of carbonyl (C=O) groups excluding carboxylic acids is 1. The minimum Gasteiger partial charge on any atom is -0.449 e. The molecule has 2 N–H and O–H groups in total. The van der Waals surface area contributed by atoms with Gasteiger partial charge in [0.05, 0.1) is 17.8 Å². The third-order valence-corrected chi connectivity index (χ3v) is 8.52. The van der Waals surface area contributed by atoms with Crippen molar-refractivity contribution in [3.8, 4) is 11.1 Å². The number of hydrogen-bond donors (Lipinski definition) is 2. The molecule has 5 rings (SSSR count). The Balaban J connectivity index is 1.29. The van der Waals surface area contributed by atoms with E-state index in [9.17, 15) is 9.90 Å². The highest BCUT2D eigenvalue weighted by molar-refractivity contribution is 7.10. The number of rotatable bonds is 7. The summed E-state index contributed by atoms with van der Waals surface area (Å²) in [5, 5.41) is 14.5. The zero-order chi connectivity index (χ0) is 26.2. The number of carbonyl (C=O) groups is 1. The lowest BCUT2D eigenvalue weighted by molar-refractivity contribution is 0.00578. The Labute approximate surface area is 222 Å². The fourth-order valence-electron chi connectivity index (χ4n) is 4.83. The van der Waals surface area contributed by atoms with Gasteiger partial charge in [0.25, 0.3) is 0 Å². The smallest absolute Gasteiger partial charge is 0.449 e. The van der Waals surface area contributed by atoms with Crippen LogP contribution in [0.15, 0.2) is 65.4 Å². The average molecular weight is 517 g/mol. The normalized spacial score (nSPS) is 18.0. The topological polar surface area (TPSA) is 77.0 Å². The maximum Gasteiger partial charge on any atom is 0.492 e. The Hall–Kier alpha value is -2.91. The molecule has 192 valence electrons. The second kappa shape index (κ2) is 10.1. The summed E-state index contributed by atoms with van der Waals surface area (Å²) in [6, 6.07) is 18.5. The summed E-state index contributed by atoms with van der Waals surface area (Å²) in [4.78, 5) is 13.7. The molecule has 2 heterocycles. The monoisotopic (exact) mass is 517 g/mol. The van der Waals surface area contributed by atoms with Gasteiger partial charge in [-0.2, -0.15) is 0 Å². The second-order valence-corrected chi connectivity index (χ2v) is 11.4. The van der Waals surface area contributed by atoms with Crippen molar-refractivity contribution in [3.63, 3.8) is 0 Å². The lowest BCUT2D eigenvalue weighted by Gasteiger charge is -2.32. The fraction of sp³-hybridized carbons (Fsp3) is 0.345. The van der Waals surface area contributed by atoms with Gasteiger partial charge in [-0.15, -0.1) is 11.3 Å². The van der Waals surface area contributed by atoms with E-state index in [1.165, 1.54) is 33.6 Å². The molecule has 8 heteroatoms. The number of aliphatic hydroxyl groups is 1. The SMILES string of the molecule is CC1(C)OB(C(=Cc2ccsc2CO)CNC(=O)OCC2c3ccccc3-c3ccccc32)OC1(C)C. The predicted octanol–water partition coefficient (Wildman–Crippen LogP) is 5.79. The summed E-state index contributed by atoms with van der Waals surface area (Å²) in [5.74, 6) is -0.00539. The maximum absolute atomic E-state index is 12.8. The van der Waals surface area contributed by atoms with Gasteiger partial charge in [0.15, 0.2) is 0 Å². The van der Waals surface area contributed by atoms with E-state index in [4.69, 9.17) is 14.0 Å². The van der Waals surface area contributed by atoms with Crippen molar-refractivity contribution in [3.05, 3.63) is 87.0 Å². The second-order valence-electron chi connectivity index (χ2n) is 10.4. The van der Waals surface area contributed by atoms with Crippen LogP contribution < -0.4 is 5.32 Å². The number of nitrogens with one attached hydrogen (secondary N) is 1. The van der Waals surface area contributed by atoms with Crippen LogP contribution in [0, 0.1) is 0 Å². The van der Waals surface area contributed by atoms with Gasteiger partial charge in [-0.1, -0.05) is 54.6 Å². The van der Waals surface area contributed by atoms with Crippen LogP contribution in [0.1, 0.15) is 55.2 Å². The molecule has 0 radical (unpaired) electrons. The first-order chi connectivity index (χ1) is 17.7. The van der Waals surface area contributed by atoms with E-state index in [-0.39, 0.29) is 25.7 Å². The molecule has 1 fully saturated rings. The number of thiophene rings is 1. The molecule has 1 aromatic heterocycles. The Kier molecular flexibility index (Phi) is 7.02. The maximum atomic E-state index is 12.8. The van der Waals surface area contributed by atoms with Crippen LogP contribution in [0.2, 0.25) is 0 Å². The van der Waals surface area contributed by atoms with Crippen molar-refractivity contribution in [2.45, 2.75) is 51.4 Å². The molecule has 6 nitrogen and oxygen atoms in total. The van der Waals surface area contributed by atoms with E-state index in [2.05, 4.69) is 29.6 Å². The van der Waals surface area contributed by atoms with Crippen LogP contribution in [0.25, 0.3) is 17.2 Å². The number of amides is 1. The van der Waals surface area contributed by atoms with Gasteiger partial charge < -0.3 is 24.5 Å². The highest BCUT2D eigenvalue weighted by Crippen LogP contribution is 2.44. The molecule has 1 saturated heterocycles. The van der Waals surface area contributed by atoms with E-state index in [0.29, 0.717) is 0 Å². The van der Waals surface area contributed by atoms with Gasteiger partial charge in [0.2, 0.25) is 0 Å². The Morgan fingerprint density at radius 3 is 2.22 bits per heavy atom. The van der Waals surface area contributed by atoms with Crippen LogP contribution in [0.3, 0.4) is 0 Å². The van der Waals surface area contributed by atoms with E-state index in [1.807, 2.05) is 69.5 Å². The van der Waals surface area contributed by atoms with Crippen LogP contribution in [0.5, 0.6) is 0 Å². The number of hydrogen-bond acceptors (Lipinski definition) is 6. The Morgan fingerprint density at radius 1 is 1.03 bits per heavy atom. The Bertz CT molecular complexity index is 1270. The first kappa shape index (κ1) is 25.7. The standard InChI is InChI=1S/C29H32BNO5S/c1-28(2)29(3,4)36-30(35-28)20(15-19-13-14-37-26(19)17-32)16-31-27(33)34-18-25-23-11-7-5-9-21(23)22-10-6-8-12-24(22)25/h5-15,25,32H,16-18H2,1-4H3,(H,31,33). The summed E-state index contributed by atoms with van der Waals surface area (Å²) in [5.41, 5.74) is 5.31. The summed E-state index contributed by atoms with van der Waals surface area (Å²) < 4.78 is 18.2. The van der Waals surface area contributed by atoms with Crippen molar-refractivity contribution in [1.82, 2.24) is 5.32 Å². The van der Waals surface area contributed by atoms with E-state index in [1.54, 1.807) is 0 Å². The fourth-order valence-corrected chi connectivity index (χ4v) is 5.54. The molecule has 2 aromatic carbocycles. The lowest BCUT2D eigenvalue weighted by atomic mass is 9.77. The van der Waals surface area contributed by atoms with Crippen LogP contribution in [-0.2, 0) is 20.7 Å². The molecule has 37 heavy (non-hydrogen) atoms. The zero-order valence-corrected chi connectivity index (χ0v) is 22.4. The van der Waals surface area contributed by atoms with Gasteiger partial charge in [-0.3, -0.25) is 0 Å². The first-order valence-electron chi connectivity index (χ1n) is 12.5. The number of fused-ring (bicyclic) bond motifs is 3. The highest BCUT2D eigenvalue weighted by atomic mass is 32.1. The minimum absolute atomic E-state index is 0.00539. The molecular formula is C29H32BNO5S. The molecular weight excluding hydrogens is 485 g/mol. The summed E-state index contributed by atoms with van der Waals surface area (Å²) in [6.45, 7) is 8.35. The lowest BCUT2D eigenvalue weighted by Crippen LogP contribution is -2.41. The molecule has 0 unspecified atom stereocenters. The molecule has 3 aromatic rings. The van der Waals surface area contributed by atoms with E-state index >= 15 is 0 Å². The summed E-state index contributed by atoms with van der Waals surface area (Å²) in [6.07, 6.45) is 1.42. The quantitative estimate of drug-likeness (QED) is 0.388. The highest BCUT2D eigenvalue weighted by Gasteiger charge is 2.52. The zero-order valence-electron chi connectivity index (χ0n) is 21.6. The molecule has 0 spiro atoms. The van der Waals surface area contributed by atoms with Gasteiger partial charge in [0, 0.05) is 17.3 Å². The first-order valence-corrected chi connectivity index (χ1v) is 13.4. The molecule has 1 aliphatic heterocycles. The molecule has 1 amide bonds. The Morgan fingerprint density at radius 2 is 1.62 bits per heavy atom. The van der Waals surface area contributed by atoms with Crippen molar-refractivity contribution in [2.24, 2.45) is 0 Å². The number of ether oxygens (including phenoxy) is 1. The van der Waals surface area contributed by atoms with Crippen molar-refractivity contribution >= 4 is 30.6 Å². The summed E-state index contributed by atoms with van der Waals surface area (Å²) in [7, 11) is -0.634. The van der Waals surface area contributed by atoms with Gasteiger partial charge >= 0.3 is 13.2 Å². The van der Waals surface area contributed by atoms with Gasteiger partial charge in [-0.25, -0.2) is 4.79 Å². The molecule has 0 saturated carbocycles. The third kappa shape index (κ3) is 4.99. The van der Waals surface area contributed by atoms with Crippen LogP contribution in [-0.4, -0.2) is 42.7 Å². The van der Waals surface area contributed by atoms with Crippen LogP contribution >= 0.6 is 11.3 Å². The minimum atomic E-state index is -0.634. The van der Waals surface area contributed by atoms with Crippen molar-refractivity contribution in [2.75, 3.05) is 13.2 Å². The molecule has 0 bridgehead atoms.